The first-order valence-corrected chi connectivity index (χ1v) is 12.8. The molecule has 0 aliphatic carbocycles. The molecule has 0 fully saturated rings. The standard InChI is InChI=1S/C26H27F2NO4S/c1-3-4-5-6-7-21-24(30)12-13-25(26(21)31)34(32,33)29-16(2)22-14-17(27)8-10-19(22)20-11-9-18(28)15-23(20)29/h8-16,30-31H,3-7H2,1-2H3. The minimum atomic E-state index is -4.42. The van der Waals surface area contributed by atoms with Crippen molar-refractivity contribution >= 4 is 15.7 Å². The molecule has 5 nitrogen and oxygen atoms in total. The molecule has 8 heteroatoms. The van der Waals surface area contributed by atoms with Gasteiger partial charge >= 0.3 is 0 Å². The summed E-state index contributed by atoms with van der Waals surface area (Å²) in [5.41, 5.74) is 1.75. The number of phenols is 2. The Morgan fingerprint density at radius 1 is 0.912 bits per heavy atom. The van der Waals surface area contributed by atoms with E-state index in [0.717, 1.165) is 35.7 Å². The molecule has 1 aliphatic heterocycles. The maximum Gasteiger partial charge on any atom is 0.268 e. The van der Waals surface area contributed by atoms with Crippen molar-refractivity contribution in [3.05, 3.63) is 71.3 Å². The summed E-state index contributed by atoms with van der Waals surface area (Å²) in [5.74, 6) is -1.84. The molecular weight excluding hydrogens is 460 g/mol. The fourth-order valence-electron chi connectivity index (χ4n) is 4.61. The van der Waals surface area contributed by atoms with Crippen LogP contribution in [0.4, 0.5) is 14.5 Å². The molecule has 180 valence electrons. The highest BCUT2D eigenvalue weighted by Crippen LogP contribution is 2.49. The Labute approximate surface area is 198 Å². The van der Waals surface area contributed by atoms with Crippen molar-refractivity contribution in [3.63, 3.8) is 0 Å². The van der Waals surface area contributed by atoms with Crippen LogP contribution in [0.15, 0.2) is 53.4 Å². The van der Waals surface area contributed by atoms with Gasteiger partial charge in [-0.15, -0.1) is 0 Å². The number of hydrogen-bond acceptors (Lipinski definition) is 4. The molecule has 2 N–H and O–H groups in total. The Balaban J connectivity index is 1.85. The summed E-state index contributed by atoms with van der Waals surface area (Å²) in [7, 11) is -4.42. The summed E-state index contributed by atoms with van der Waals surface area (Å²) in [6.07, 6.45) is 3.88. The van der Waals surface area contributed by atoms with Gasteiger partial charge in [0.15, 0.2) is 0 Å². The van der Waals surface area contributed by atoms with Gasteiger partial charge in [-0.2, -0.15) is 0 Å². The van der Waals surface area contributed by atoms with E-state index in [0.29, 0.717) is 29.5 Å². The maximum atomic E-state index is 14.3. The molecule has 0 radical (unpaired) electrons. The SMILES string of the molecule is CCCCCCc1c(O)ccc(S(=O)(=O)N2c3cc(F)ccc3-c3ccc(F)cc3C2C)c1O. The Morgan fingerprint density at radius 2 is 1.59 bits per heavy atom. The average Bonchev–Trinajstić information content (AvgIpc) is 2.78. The Morgan fingerprint density at radius 3 is 2.29 bits per heavy atom. The van der Waals surface area contributed by atoms with Crippen LogP contribution in [0.1, 0.15) is 56.7 Å². The van der Waals surface area contributed by atoms with E-state index in [1.807, 2.05) is 0 Å². The van der Waals surface area contributed by atoms with Crippen LogP contribution in [-0.4, -0.2) is 18.6 Å². The van der Waals surface area contributed by atoms with Crippen molar-refractivity contribution in [1.82, 2.24) is 0 Å². The van der Waals surface area contributed by atoms with Gasteiger partial charge in [0.05, 0.1) is 11.7 Å². The third-order valence-corrected chi connectivity index (χ3v) is 8.26. The van der Waals surface area contributed by atoms with Crippen molar-refractivity contribution in [2.75, 3.05) is 4.31 Å². The van der Waals surface area contributed by atoms with Gasteiger partial charge in [-0.3, -0.25) is 4.31 Å². The van der Waals surface area contributed by atoms with Crippen molar-refractivity contribution in [1.29, 1.82) is 0 Å². The topological polar surface area (TPSA) is 77.8 Å². The normalized spacial score (nSPS) is 15.2. The van der Waals surface area contributed by atoms with E-state index in [1.54, 1.807) is 13.0 Å². The first-order chi connectivity index (χ1) is 16.2. The van der Waals surface area contributed by atoms with Crippen LogP contribution in [0.25, 0.3) is 11.1 Å². The van der Waals surface area contributed by atoms with Crippen LogP contribution in [0, 0.1) is 11.6 Å². The Hall–Kier alpha value is -3.13. The second-order valence-corrected chi connectivity index (χ2v) is 10.4. The minimum absolute atomic E-state index is 0.101. The number of aromatic hydroxyl groups is 2. The molecule has 0 bridgehead atoms. The fraction of sp³-hybridized carbons (Fsp3) is 0.308. The molecule has 34 heavy (non-hydrogen) atoms. The van der Waals surface area contributed by atoms with Crippen LogP contribution in [0.3, 0.4) is 0 Å². The number of nitrogens with zero attached hydrogens (tertiary/aromatic N) is 1. The summed E-state index contributed by atoms with van der Waals surface area (Å²) >= 11 is 0. The molecule has 0 amide bonds. The molecule has 1 heterocycles. The molecule has 1 atom stereocenters. The van der Waals surface area contributed by atoms with E-state index >= 15 is 0 Å². The number of rotatable bonds is 7. The molecule has 1 aliphatic rings. The lowest BCUT2D eigenvalue weighted by atomic mass is 9.90. The molecule has 3 aromatic carbocycles. The van der Waals surface area contributed by atoms with Gasteiger partial charge in [0, 0.05) is 11.1 Å². The van der Waals surface area contributed by atoms with Gasteiger partial charge in [-0.25, -0.2) is 17.2 Å². The van der Waals surface area contributed by atoms with Gasteiger partial charge in [-0.1, -0.05) is 32.3 Å². The molecule has 0 aromatic heterocycles. The highest BCUT2D eigenvalue weighted by atomic mass is 32.2. The number of hydrogen-bond donors (Lipinski definition) is 2. The number of phenolic OH excluding ortho intramolecular Hbond substituents is 2. The fourth-order valence-corrected chi connectivity index (χ4v) is 6.36. The van der Waals surface area contributed by atoms with Crippen molar-refractivity contribution in [2.45, 2.75) is 56.9 Å². The lowest BCUT2D eigenvalue weighted by molar-refractivity contribution is 0.425. The second kappa shape index (κ2) is 9.25. The zero-order chi connectivity index (χ0) is 24.6. The number of fused-ring (bicyclic) bond motifs is 3. The summed E-state index contributed by atoms with van der Waals surface area (Å²) in [5, 5.41) is 21.2. The lowest BCUT2D eigenvalue weighted by Crippen LogP contribution is -2.36. The van der Waals surface area contributed by atoms with Crippen LogP contribution in [-0.2, 0) is 16.4 Å². The van der Waals surface area contributed by atoms with Gasteiger partial charge in [0.25, 0.3) is 10.0 Å². The highest BCUT2D eigenvalue weighted by molar-refractivity contribution is 7.93. The predicted molar refractivity (Wildman–Crippen MR) is 127 cm³/mol. The summed E-state index contributed by atoms with van der Waals surface area (Å²) in [6.45, 7) is 3.65. The lowest BCUT2D eigenvalue weighted by Gasteiger charge is -2.37. The van der Waals surface area contributed by atoms with Gasteiger partial charge in [-0.05, 0) is 73.4 Å². The Kier molecular flexibility index (Phi) is 6.53. The van der Waals surface area contributed by atoms with Gasteiger partial charge in [0.2, 0.25) is 0 Å². The van der Waals surface area contributed by atoms with Crippen LogP contribution >= 0.6 is 0 Å². The van der Waals surface area contributed by atoms with E-state index in [2.05, 4.69) is 6.92 Å². The quantitative estimate of drug-likeness (QED) is 0.376. The molecule has 3 aromatic rings. The number of halogens is 2. The largest absolute Gasteiger partial charge is 0.508 e. The van der Waals surface area contributed by atoms with Crippen molar-refractivity contribution < 1.29 is 27.4 Å². The third-order valence-electron chi connectivity index (χ3n) is 6.34. The van der Waals surface area contributed by atoms with E-state index in [9.17, 15) is 27.4 Å². The summed E-state index contributed by atoms with van der Waals surface area (Å²) in [4.78, 5) is -0.391. The zero-order valence-electron chi connectivity index (χ0n) is 19.1. The van der Waals surface area contributed by atoms with Crippen LogP contribution in [0.5, 0.6) is 11.5 Å². The molecule has 4 rings (SSSR count). The number of unbranched alkanes of at least 4 members (excludes halogenated alkanes) is 3. The predicted octanol–water partition coefficient (Wildman–Crippen LogP) is 6.44. The Bertz CT molecular complexity index is 1340. The van der Waals surface area contributed by atoms with Crippen molar-refractivity contribution in [3.8, 4) is 22.6 Å². The van der Waals surface area contributed by atoms with Gasteiger partial charge in [0.1, 0.15) is 28.0 Å². The maximum absolute atomic E-state index is 14.3. The zero-order valence-corrected chi connectivity index (χ0v) is 19.9. The van der Waals surface area contributed by atoms with E-state index in [4.69, 9.17) is 0 Å². The summed E-state index contributed by atoms with van der Waals surface area (Å²) < 4.78 is 57.2. The van der Waals surface area contributed by atoms with E-state index < -0.39 is 38.3 Å². The summed E-state index contributed by atoms with van der Waals surface area (Å²) in [6, 6.07) is 9.42. The first kappa shape index (κ1) is 24.0. The molecule has 0 saturated carbocycles. The molecule has 0 spiro atoms. The van der Waals surface area contributed by atoms with Crippen molar-refractivity contribution in [2.24, 2.45) is 0 Å². The number of anilines is 1. The first-order valence-electron chi connectivity index (χ1n) is 11.3. The van der Waals surface area contributed by atoms with Gasteiger partial charge < -0.3 is 10.2 Å². The molecular formula is C26H27F2NO4S. The third kappa shape index (κ3) is 4.11. The monoisotopic (exact) mass is 487 g/mol. The number of sulfonamides is 1. The highest BCUT2D eigenvalue weighted by Gasteiger charge is 2.39. The molecule has 0 saturated heterocycles. The average molecular weight is 488 g/mol. The number of benzene rings is 3. The second-order valence-electron chi connectivity index (χ2n) is 8.59. The van der Waals surface area contributed by atoms with E-state index in [-0.39, 0.29) is 17.0 Å². The van der Waals surface area contributed by atoms with Crippen LogP contribution < -0.4 is 4.31 Å². The molecule has 1 unspecified atom stereocenters. The van der Waals surface area contributed by atoms with Crippen LogP contribution in [0.2, 0.25) is 0 Å². The smallest absolute Gasteiger partial charge is 0.268 e. The van der Waals surface area contributed by atoms with E-state index in [1.165, 1.54) is 30.3 Å². The minimum Gasteiger partial charge on any atom is -0.508 e.